The predicted octanol–water partition coefficient (Wildman–Crippen LogP) is 2.96. The van der Waals surface area contributed by atoms with Gasteiger partial charge in [0, 0.05) is 24.3 Å². The first-order valence-electron chi connectivity index (χ1n) is 8.99. The molecule has 4 aromatic heterocycles. The number of thiazole rings is 1. The summed E-state index contributed by atoms with van der Waals surface area (Å²) in [5.41, 5.74) is 7.60. The van der Waals surface area contributed by atoms with E-state index in [1.807, 2.05) is 6.92 Å². The van der Waals surface area contributed by atoms with E-state index in [2.05, 4.69) is 25.3 Å². The van der Waals surface area contributed by atoms with Crippen molar-refractivity contribution >= 4 is 49.8 Å². The van der Waals surface area contributed by atoms with E-state index in [1.54, 1.807) is 24.8 Å². The van der Waals surface area contributed by atoms with Crippen LogP contribution in [0.1, 0.15) is 31.5 Å². The van der Waals surface area contributed by atoms with Crippen LogP contribution in [-0.4, -0.2) is 46.0 Å². The number of amides is 2. The Labute approximate surface area is 184 Å². The summed E-state index contributed by atoms with van der Waals surface area (Å²) < 4.78 is 10.5. The Hall–Kier alpha value is -3.35. The van der Waals surface area contributed by atoms with Crippen LogP contribution in [0.5, 0.6) is 5.88 Å². The molecule has 12 heteroatoms. The summed E-state index contributed by atoms with van der Waals surface area (Å²) >= 11 is 2.53. The molecule has 160 valence electrons. The van der Waals surface area contributed by atoms with E-state index in [0.29, 0.717) is 43.2 Å². The van der Waals surface area contributed by atoms with Crippen molar-refractivity contribution in [2.75, 3.05) is 19.5 Å². The third kappa shape index (κ3) is 4.00. The Morgan fingerprint density at radius 3 is 2.74 bits per heavy atom. The molecule has 0 unspecified atom stereocenters. The number of methoxy groups -OCH3 is 2. The van der Waals surface area contributed by atoms with Crippen molar-refractivity contribution in [1.29, 1.82) is 0 Å². The standard InChI is InChI=1S/C19H18N6O4S2/c1-8-13-17(29-3)23-12(6-28-2)24-18(13)31-14(8)16(27)25-19-22-11(7-30-19)9-4-10(15(20)26)21-5-9/h4-5,7,21H,6H2,1-3H3,(H2,20,26)(H,22,25,27). The normalized spacial score (nSPS) is 11.1. The minimum absolute atomic E-state index is 0.239. The van der Waals surface area contributed by atoms with Crippen molar-refractivity contribution in [2.24, 2.45) is 5.73 Å². The van der Waals surface area contributed by atoms with Crippen molar-refractivity contribution in [3.8, 4) is 17.1 Å². The highest BCUT2D eigenvalue weighted by molar-refractivity contribution is 7.21. The largest absolute Gasteiger partial charge is 0.480 e. The number of rotatable bonds is 7. The summed E-state index contributed by atoms with van der Waals surface area (Å²) in [7, 11) is 3.08. The quantitative estimate of drug-likeness (QED) is 0.386. The molecule has 4 rings (SSSR count). The maximum atomic E-state index is 12.9. The fourth-order valence-electron chi connectivity index (χ4n) is 3.00. The van der Waals surface area contributed by atoms with Crippen LogP contribution in [0.2, 0.25) is 0 Å². The Balaban J connectivity index is 1.61. The lowest BCUT2D eigenvalue weighted by molar-refractivity contribution is 0.0994. The number of nitrogens with two attached hydrogens (primary N) is 1. The van der Waals surface area contributed by atoms with Crippen LogP contribution >= 0.6 is 22.7 Å². The van der Waals surface area contributed by atoms with E-state index in [0.717, 1.165) is 5.56 Å². The molecule has 0 aliphatic rings. The van der Waals surface area contributed by atoms with E-state index in [-0.39, 0.29) is 18.2 Å². The van der Waals surface area contributed by atoms with Crippen LogP contribution < -0.4 is 15.8 Å². The molecule has 10 nitrogen and oxygen atoms in total. The van der Waals surface area contributed by atoms with Crippen LogP contribution in [0.3, 0.4) is 0 Å². The van der Waals surface area contributed by atoms with Gasteiger partial charge < -0.3 is 20.2 Å². The molecule has 0 saturated heterocycles. The van der Waals surface area contributed by atoms with Gasteiger partial charge in [-0.2, -0.15) is 4.98 Å². The summed E-state index contributed by atoms with van der Waals surface area (Å²) in [6, 6.07) is 1.61. The Morgan fingerprint density at radius 1 is 1.26 bits per heavy atom. The highest BCUT2D eigenvalue weighted by Gasteiger charge is 2.22. The number of primary amides is 1. The second-order valence-corrected chi connectivity index (χ2v) is 8.33. The number of nitrogens with zero attached hydrogens (tertiary/aromatic N) is 3. The third-order valence-corrected chi connectivity index (χ3v) is 6.39. The van der Waals surface area contributed by atoms with Gasteiger partial charge in [-0.1, -0.05) is 0 Å². The van der Waals surface area contributed by atoms with Gasteiger partial charge in [0.15, 0.2) is 11.0 Å². The number of anilines is 1. The number of ether oxygens (including phenoxy) is 2. The second kappa shape index (κ2) is 8.41. The number of aryl methyl sites for hydroxylation is 1. The van der Waals surface area contributed by atoms with E-state index < -0.39 is 5.91 Å². The van der Waals surface area contributed by atoms with Gasteiger partial charge in [0.2, 0.25) is 5.88 Å². The molecular weight excluding hydrogens is 440 g/mol. The lowest BCUT2D eigenvalue weighted by Gasteiger charge is -2.05. The van der Waals surface area contributed by atoms with Gasteiger partial charge in [0.1, 0.15) is 17.1 Å². The first-order valence-corrected chi connectivity index (χ1v) is 10.7. The highest BCUT2D eigenvalue weighted by atomic mass is 32.1. The lowest BCUT2D eigenvalue weighted by Crippen LogP contribution is -2.11. The zero-order valence-corrected chi connectivity index (χ0v) is 18.4. The van der Waals surface area contributed by atoms with Crippen LogP contribution in [0.4, 0.5) is 5.13 Å². The number of thiophene rings is 1. The zero-order chi connectivity index (χ0) is 22.1. The van der Waals surface area contributed by atoms with Crippen molar-refractivity contribution in [3.63, 3.8) is 0 Å². The van der Waals surface area contributed by atoms with E-state index >= 15 is 0 Å². The first kappa shape index (κ1) is 20.9. The van der Waals surface area contributed by atoms with Crippen molar-refractivity contribution in [3.05, 3.63) is 39.6 Å². The van der Waals surface area contributed by atoms with Crippen LogP contribution in [0.15, 0.2) is 17.6 Å². The summed E-state index contributed by atoms with van der Waals surface area (Å²) in [6.45, 7) is 2.07. The SMILES string of the molecule is COCc1nc(OC)c2c(C)c(C(=O)Nc3nc(-c4c[nH]c(C(N)=O)c4)cs3)sc2n1. The van der Waals surface area contributed by atoms with Gasteiger partial charge in [0.25, 0.3) is 11.8 Å². The minimum Gasteiger partial charge on any atom is -0.480 e. The third-order valence-electron chi connectivity index (χ3n) is 4.45. The fraction of sp³-hybridized carbons (Fsp3) is 0.211. The molecule has 4 heterocycles. The maximum Gasteiger partial charge on any atom is 0.267 e. The van der Waals surface area contributed by atoms with Gasteiger partial charge in [-0.15, -0.1) is 22.7 Å². The van der Waals surface area contributed by atoms with Crippen LogP contribution in [-0.2, 0) is 11.3 Å². The molecule has 0 aliphatic heterocycles. The lowest BCUT2D eigenvalue weighted by atomic mass is 10.2. The molecule has 0 aliphatic carbocycles. The number of carbonyl (C=O) groups excluding carboxylic acids is 2. The molecule has 4 N–H and O–H groups in total. The molecular formula is C19H18N6O4S2. The van der Waals surface area contributed by atoms with Crippen LogP contribution in [0.25, 0.3) is 21.5 Å². The Bertz CT molecular complexity index is 1290. The van der Waals surface area contributed by atoms with Gasteiger partial charge in [-0.3, -0.25) is 14.9 Å². The summed E-state index contributed by atoms with van der Waals surface area (Å²) in [4.78, 5) is 41.4. The average Bonchev–Trinajstić information content (AvgIpc) is 3.46. The van der Waals surface area contributed by atoms with Gasteiger partial charge in [0.05, 0.1) is 23.1 Å². The summed E-state index contributed by atoms with van der Waals surface area (Å²) in [5.74, 6) is 0.0246. The van der Waals surface area contributed by atoms with Crippen LogP contribution in [0, 0.1) is 6.92 Å². The van der Waals surface area contributed by atoms with E-state index in [9.17, 15) is 9.59 Å². The van der Waals surface area contributed by atoms with Crippen molar-refractivity contribution in [2.45, 2.75) is 13.5 Å². The molecule has 4 aromatic rings. The molecule has 0 radical (unpaired) electrons. The molecule has 0 saturated carbocycles. The highest BCUT2D eigenvalue weighted by Crippen LogP contribution is 2.36. The van der Waals surface area contributed by atoms with E-state index in [1.165, 1.54) is 29.8 Å². The first-order chi connectivity index (χ1) is 14.9. The topological polar surface area (TPSA) is 145 Å². The molecule has 0 spiro atoms. The summed E-state index contributed by atoms with van der Waals surface area (Å²) in [5, 5.41) is 5.73. The second-order valence-electron chi connectivity index (χ2n) is 6.48. The number of aromatic amines is 1. The maximum absolute atomic E-state index is 12.9. The van der Waals surface area contributed by atoms with E-state index in [4.69, 9.17) is 15.2 Å². The number of H-pyrrole nitrogens is 1. The molecule has 0 atom stereocenters. The van der Waals surface area contributed by atoms with Crippen molar-refractivity contribution in [1.82, 2.24) is 19.9 Å². The number of hydrogen-bond donors (Lipinski definition) is 3. The zero-order valence-electron chi connectivity index (χ0n) is 16.8. The smallest absolute Gasteiger partial charge is 0.267 e. The predicted molar refractivity (Wildman–Crippen MR) is 118 cm³/mol. The molecule has 0 fully saturated rings. The van der Waals surface area contributed by atoms with Gasteiger partial charge in [-0.25, -0.2) is 9.97 Å². The monoisotopic (exact) mass is 458 g/mol. The van der Waals surface area contributed by atoms with Gasteiger partial charge >= 0.3 is 0 Å². The Morgan fingerprint density at radius 2 is 2.06 bits per heavy atom. The summed E-state index contributed by atoms with van der Waals surface area (Å²) in [6.07, 6.45) is 1.64. The molecule has 31 heavy (non-hydrogen) atoms. The fourth-order valence-corrected chi connectivity index (χ4v) is 4.80. The minimum atomic E-state index is -0.553. The average molecular weight is 459 g/mol. The molecule has 0 aromatic carbocycles. The molecule has 0 bridgehead atoms. The number of hydrogen-bond acceptors (Lipinski definition) is 9. The Kier molecular flexibility index (Phi) is 5.67. The molecule has 2 amide bonds. The van der Waals surface area contributed by atoms with Crippen molar-refractivity contribution < 1.29 is 19.1 Å². The number of nitrogens with one attached hydrogen (secondary N) is 2. The number of fused-ring (bicyclic) bond motifs is 1. The number of aromatic nitrogens is 4. The number of carbonyl (C=O) groups is 2. The van der Waals surface area contributed by atoms with Gasteiger partial charge in [-0.05, 0) is 18.6 Å².